The summed E-state index contributed by atoms with van der Waals surface area (Å²) >= 11 is 5.99. The molecule has 7 heteroatoms. The molecule has 0 atom stereocenters. The lowest BCUT2D eigenvalue weighted by Gasteiger charge is -2.12. The second-order valence-electron chi connectivity index (χ2n) is 5.23. The van der Waals surface area contributed by atoms with Crippen molar-refractivity contribution in [2.24, 2.45) is 0 Å². The van der Waals surface area contributed by atoms with Gasteiger partial charge in [-0.1, -0.05) is 23.7 Å². The Labute approximate surface area is 158 Å². The summed E-state index contributed by atoms with van der Waals surface area (Å²) < 4.78 is 10.5. The molecule has 0 aliphatic heterocycles. The molecular formula is C18H22Cl2N2O3. The van der Waals surface area contributed by atoms with E-state index in [2.05, 4.69) is 5.32 Å². The van der Waals surface area contributed by atoms with Crippen LogP contribution in [0.1, 0.15) is 15.9 Å². The molecule has 0 saturated carbocycles. The molecule has 0 aliphatic carbocycles. The van der Waals surface area contributed by atoms with Crippen molar-refractivity contribution in [1.82, 2.24) is 5.32 Å². The monoisotopic (exact) mass is 384 g/mol. The molecule has 2 aromatic rings. The van der Waals surface area contributed by atoms with Gasteiger partial charge in [-0.2, -0.15) is 0 Å². The van der Waals surface area contributed by atoms with Crippen LogP contribution in [0.2, 0.25) is 5.02 Å². The van der Waals surface area contributed by atoms with Gasteiger partial charge < -0.3 is 20.5 Å². The zero-order valence-electron chi connectivity index (χ0n) is 14.0. The summed E-state index contributed by atoms with van der Waals surface area (Å²) in [5.74, 6) is 0.266. The minimum absolute atomic E-state index is 0. The molecule has 0 spiro atoms. The van der Waals surface area contributed by atoms with Gasteiger partial charge in [0.05, 0.1) is 12.2 Å². The van der Waals surface area contributed by atoms with Gasteiger partial charge in [0.2, 0.25) is 0 Å². The first kappa shape index (κ1) is 21.1. The van der Waals surface area contributed by atoms with E-state index >= 15 is 0 Å². The van der Waals surface area contributed by atoms with E-state index in [4.69, 9.17) is 26.8 Å². The zero-order chi connectivity index (χ0) is 17.4. The van der Waals surface area contributed by atoms with E-state index < -0.39 is 0 Å². The lowest BCUT2D eigenvalue weighted by Crippen LogP contribution is -2.26. The van der Waals surface area contributed by atoms with E-state index in [0.717, 1.165) is 11.3 Å². The topological polar surface area (TPSA) is 73.6 Å². The van der Waals surface area contributed by atoms with Crippen LogP contribution in [-0.2, 0) is 11.2 Å². The van der Waals surface area contributed by atoms with E-state index in [0.29, 0.717) is 42.5 Å². The molecule has 0 saturated heterocycles. The van der Waals surface area contributed by atoms with Crippen LogP contribution >= 0.6 is 24.0 Å². The fraction of sp³-hybridized carbons (Fsp3) is 0.278. The summed E-state index contributed by atoms with van der Waals surface area (Å²) in [5.41, 5.74) is 7.89. The van der Waals surface area contributed by atoms with Crippen molar-refractivity contribution in [3.05, 3.63) is 58.6 Å². The molecule has 0 radical (unpaired) electrons. The number of rotatable bonds is 8. The molecule has 2 rings (SSSR count). The molecule has 5 nitrogen and oxygen atoms in total. The van der Waals surface area contributed by atoms with Crippen molar-refractivity contribution < 1.29 is 14.3 Å². The summed E-state index contributed by atoms with van der Waals surface area (Å²) in [5, 5.41) is 3.36. The molecule has 25 heavy (non-hydrogen) atoms. The van der Waals surface area contributed by atoms with E-state index in [9.17, 15) is 4.79 Å². The lowest BCUT2D eigenvalue weighted by molar-refractivity contribution is 0.0946. The Kier molecular flexibility index (Phi) is 9.13. The van der Waals surface area contributed by atoms with Gasteiger partial charge in [0, 0.05) is 24.4 Å². The third-order valence-electron chi connectivity index (χ3n) is 3.41. The zero-order valence-corrected chi connectivity index (χ0v) is 15.5. The normalized spacial score (nSPS) is 10.0. The Balaban J connectivity index is 0.00000312. The van der Waals surface area contributed by atoms with Gasteiger partial charge in [0.1, 0.15) is 12.4 Å². The number of hydrogen-bond acceptors (Lipinski definition) is 4. The largest absolute Gasteiger partial charge is 0.490 e. The lowest BCUT2D eigenvalue weighted by atomic mass is 10.1. The fourth-order valence-electron chi connectivity index (χ4n) is 2.14. The summed E-state index contributed by atoms with van der Waals surface area (Å²) in [6.45, 7) is 1.32. The van der Waals surface area contributed by atoms with Crippen LogP contribution in [0.25, 0.3) is 0 Å². The number of nitrogen functional groups attached to an aromatic ring is 1. The maximum absolute atomic E-state index is 12.4. The number of ether oxygens (including phenoxy) is 2. The number of amides is 1. The maximum atomic E-state index is 12.4. The summed E-state index contributed by atoms with van der Waals surface area (Å²) in [6.07, 6.45) is 0.715. The Morgan fingerprint density at radius 3 is 2.56 bits per heavy atom. The van der Waals surface area contributed by atoms with Gasteiger partial charge in [0.25, 0.3) is 5.91 Å². The van der Waals surface area contributed by atoms with Gasteiger partial charge in [-0.05, 0) is 42.3 Å². The van der Waals surface area contributed by atoms with Crippen molar-refractivity contribution in [3.8, 4) is 5.75 Å². The molecule has 0 unspecified atom stereocenters. The van der Waals surface area contributed by atoms with Gasteiger partial charge >= 0.3 is 0 Å². The molecule has 2 aromatic carbocycles. The van der Waals surface area contributed by atoms with E-state index in [1.54, 1.807) is 25.3 Å². The molecule has 1 amide bonds. The number of carbonyl (C=O) groups is 1. The third-order valence-corrected chi connectivity index (χ3v) is 3.65. The fourth-order valence-corrected chi connectivity index (χ4v) is 2.31. The summed E-state index contributed by atoms with van der Waals surface area (Å²) in [7, 11) is 1.59. The Morgan fingerprint density at radius 1 is 1.16 bits per heavy atom. The highest BCUT2D eigenvalue weighted by molar-refractivity contribution is 6.31. The number of nitrogens with one attached hydrogen (secondary N) is 1. The molecule has 0 bridgehead atoms. The minimum atomic E-state index is -0.222. The van der Waals surface area contributed by atoms with Crippen molar-refractivity contribution in [1.29, 1.82) is 0 Å². The van der Waals surface area contributed by atoms with Crippen LogP contribution in [0.15, 0.2) is 42.5 Å². The minimum Gasteiger partial charge on any atom is -0.490 e. The number of carbonyl (C=O) groups excluding carboxylic acids is 1. The van der Waals surface area contributed by atoms with Crippen LogP contribution < -0.4 is 15.8 Å². The predicted molar refractivity (Wildman–Crippen MR) is 103 cm³/mol. The standard InChI is InChI=1S/C18H21ClN2O3.ClH/c1-23-10-11-24-17-7-4-14(19)12-16(17)18(22)21-9-8-13-2-5-15(20)6-3-13;/h2-7,12H,8-11,20H2,1H3,(H,21,22);1H. The first-order chi connectivity index (χ1) is 11.6. The number of anilines is 1. The molecule has 0 aliphatic rings. The Bertz CT molecular complexity index is 679. The number of halogens is 2. The quantitative estimate of drug-likeness (QED) is 0.540. The Morgan fingerprint density at radius 2 is 1.88 bits per heavy atom. The first-order valence-electron chi connectivity index (χ1n) is 7.64. The van der Waals surface area contributed by atoms with Crippen molar-refractivity contribution in [2.75, 3.05) is 32.6 Å². The molecule has 0 aromatic heterocycles. The van der Waals surface area contributed by atoms with E-state index in [1.165, 1.54) is 0 Å². The predicted octanol–water partition coefficient (Wildman–Crippen LogP) is 3.34. The van der Waals surface area contributed by atoms with Gasteiger partial charge in [0.15, 0.2) is 0 Å². The molecule has 3 N–H and O–H groups in total. The summed E-state index contributed by atoms with van der Waals surface area (Å²) in [4.78, 5) is 12.4. The van der Waals surface area contributed by atoms with Crippen LogP contribution in [0.5, 0.6) is 5.75 Å². The summed E-state index contributed by atoms with van der Waals surface area (Å²) in [6, 6.07) is 12.6. The average Bonchev–Trinajstić information content (AvgIpc) is 2.58. The second kappa shape index (κ2) is 10.8. The van der Waals surface area contributed by atoms with Crippen molar-refractivity contribution >= 4 is 35.6 Å². The second-order valence-corrected chi connectivity index (χ2v) is 5.67. The first-order valence-corrected chi connectivity index (χ1v) is 8.02. The number of nitrogens with two attached hydrogens (primary N) is 1. The molecule has 136 valence electrons. The van der Waals surface area contributed by atoms with Crippen molar-refractivity contribution in [2.45, 2.75) is 6.42 Å². The number of hydrogen-bond donors (Lipinski definition) is 2. The average molecular weight is 385 g/mol. The molecule has 0 fully saturated rings. The van der Waals surface area contributed by atoms with Crippen molar-refractivity contribution in [3.63, 3.8) is 0 Å². The van der Waals surface area contributed by atoms with Crippen LogP contribution in [0.3, 0.4) is 0 Å². The van der Waals surface area contributed by atoms with Gasteiger partial charge in [-0.25, -0.2) is 0 Å². The highest BCUT2D eigenvalue weighted by Gasteiger charge is 2.13. The smallest absolute Gasteiger partial charge is 0.255 e. The number of methoxy groups -OCH3 is 1. The van der Waals surface area contributed by atoms with Gasteiger partial charge in [-0.15, -0.1) is 12.4 Å². The third kappa shape index (κ3) is 6.82. The van der Waals surface area contributed by atoms with E-state index in [1.807, 2.05) is 24.3 Å². The van der Waals surface area contributed by atoms with Crippen LogP contribution in [-0.4, -0.2) is 32.8 Å². The highest BCUT2D eigenvalue weighted by Crippen LogP contribution is 2.23. The SMILES string of the molecule is COCCOc1ccc(Cl)cc1C(=O)NCCc1ccc(N)cc1.Cl. The molecule has 0 heterocycles. The van der Waals surface area contributed by atoms with Crippen LogP contribution in [0.4, 0.5) is 5.69 Å². The Hall–Kier alpha value is -1.95. The van der Waals surface area contributed by atoms with E-state index in [-0.39, 0.29) is 18.3 Å². The van der Waals surface area contributed by atoms with Crippen LogP contribution in [0, 0.1) is 0 Å². The molecular weight excluding hydrogens is 363 g/mol. The van der Waals surface area contributed by atoms with Gasteiger partial charge in [-0.3, -0.25) is 4.79 Å². The number of benzene rings is 2. The maximum Gasteiger partial charge on any atom is 0.255 e. The highest BCUT2D eigenvalue weighted by atomic mass is 35.5.